The van der Waals surface area contributed by atoms with Gasteiger partial charge < -0.3 is 88.3 Å². The second kappa shape index (κ2) is 314. The summed E-state index contributed by atoms with van der Waals surface area (Å²) in [4.78, 5) is 16.6. The van der Waals surface area contributed by atoms with Gasteiger partial charge in [0.15, 0.2) is 0 Å². The average Bonchev–Trinajstić information content (AvgIpc) is 2.21. The van der Waals surface area contributed by atoms with E-state index in [1.807, 2.05) is 0 Å². The van der Waals surface area contributed by atoms with Crippen LogP contribution in [0.4, 0.5) is 0 Å². The molecule has 16 N–H and O–H groups in total. The van der Waals surface area contributed by atoms with Gasteiger partial charge in [-0.25, -0.2) is 0 Å². The first kappa shape index (κ1) is 196. The molecule has 24 heteroatoms. The molecule has 37 heavy (non-hydrogen) atoms. The van der Waals surface area contributed by atoms with Gasteiger partial charge in [0.2, 0.25) is 0 Å². The Morgan fingerprint density at radius 2 is 0.568 bits per heavy atom. The van der Waals surface area contributed by atoms with Gasteiger partial charge in [0.1, 0.15) is 13.6 Å². The molecule has 0 atom stereocenters. The SMILES string of the molecule is C.C.C.C.C.C.C.O.O.O=CO.O=C[O-].OC(O)O.OCO.OCO.[K+].[K+].[K+].[K+].[K+].[K+].[O-]CO.[OH-].[OH-].[OH-]. The zero-order chi connectivity index (χ0) is 17.1. The minimum absolute atomic E-state index is 0. The maximum atomic E-state index is 8.49. The Labute approximate surface area is 479 Å². The molecule has 0 aliphatic heterocycles. The van der Waals surface area contributed by atoms with Gasteiger partial charge in [-0.15, -0.1) is 0 Å². The van der Waals surface area contributed by atoms with Crippen molar-refractivity contribution in [3.8, 4) is 0 Å². The van der Waals surface area contributed by atoms with Crippen molar-refractivity contribution in [1.29, 1.82) is 0 Å². The van der Waals surface area contributed by atoms with Gasteiger partial charge in [-0.3, -0.25) is 4.79 Å². The molecule has 0 amide bonds. The van der Waals surface area contributed by atoms with Gasteiger partial charge in [0.25, 0.3) is 12.9 Å². The van der Waals surface area contributed by atoms with Crippen LogP contribution in [0.15, 0.2) is 0 Å². The molecule has 0 aliphatic rings. The van der Waals surface area contributed by atoms with E-state index in [9.17, 15) is 0 Å². The van der Waals surface area contributed by atoms with E-state index in [4.69, 9.17) is 65.8 Å². The fraction of sp³-hybridized carbons (Fsp3) is 0.846. The van der Waals surface area contributed by atoms with E-state index in [1.54, 1.807) is 0 Å². The molecule has 0 unspecified atom stereocenters. The maximum absolute atomic E-state index is 8.49. The van der Waals surface area contributed by atoms with Crippen LogP contribution in [0.25, 0.3) is 0 Å². The zero-order valence-electron chi connectivity index (χ0n) is 17.9. The fourth-order valence-corrected chi connectivity index (χ4v) is 0. The summed E-state index contributed by atoms with van der Waals surface area (Å²) in [6, 6.07) is 0. The van der Waals surface area contributed by atoms with Crippen LogP contribution in [0.3, 0.4) is 0 Å². The Morgan fingerprint density at radius 1 is 0.568 bits per heavy atom. The molecule has 0 fully saturated rings. The average molecular weight is 732 g/mol. The van der Waals surface area contributed by atoms with Crippen LogP contribution in [0.2, 0.25) is 0 Å². The van der Waals surface area contributed by atoms with Crippen molar-refractivity contribution in [2.24, 2.45) is 0 Å². The molecule has 0 saturated heterocycles. The fourth-order valence-electron chi connectivity index (χ4n) is 0. The number of rotatable bonds is 0. The molecular formula is C13H53K6O18+. The van der Waals surface area contributed by atoms with Crippen LogP contribution in [0, 0.1) is 0 Å². The number of aliphatic hydroxyl groups excluding tert-OH is 4. The largest absolute Gasteiger partial charge is 1.00 e. The smallest absolute Gasteiger partial charge is 0.870 e. The topological polar surface area (TPSA) is 415 Å². The van der Waals surface area contributed by atoms with Crippen LogP contribution in [-0.2, 0) is 9.59 Å². The molecule has 0 rings (SSSR count). The van der Waals surface area contributed by atoms with E-state index in [0.29, 0.717) is 0 Å². The molecule has 218 valence electrons. The zero-order valence-corrected chi connectivity index (χ0v) is 36.6. The van der Waals surface area contributed by atoms with Crippen molar-refractivity contribution in [3.05, 3.63) is 0 Å². The van der Waals surface area contributed by atoms with Gasteiger partial charge in [-0.2, -0.15) is 0 Å². The van der Waals surface area contributed by atoms with Gasteiger partial charge in [0, 0.05) is 6.47 Å². The second-order valence-electron chi connectivity index (χ2n) is 0.960. The number of carbonyl (C=O) groups is 2. The summed E-state index contributed by atoms with van der Waals surface area (Å²) in [5, 5.41) is 80.6. The van der Waals surface area contributed by atoms with Crippen molar-refractivity contribution in [3.63, 3.8) is 0 Å². The Balaban J connectivity index is -0.00000000228. The number of aliphatic hydroxyl groups is 8. The van der Waals surface area contributed by atoms with Crippen molar-refractivity contribution in [2.45, 2.75) is 58.5 Å². The van der Waals surface area contributed by atoms with Crippen molar-refractivity contribution < 1.29 is 401 Å². The third kappa shape index (κ3) is 1170. The van der Waals surface area contributed by atoms with Crippen LogP contribution in [0.5, 0.6) is 0 Å². The summed E-state index contributed by atoms with van der Waals surface area (Å²) in [7, 11) is 0. The molecule has 0 aliphatic carbocycles. The van der Waals surface area contributed by atoms with Gasteiger partial charge >= 0.3 is 308 Å². The number of hydrogen-bond acceptors (Lipinski definition) is 15. The van der Waals surface area contributed by atoms with Crippen LogP contribution >= 0.6 is 0 Å². The number of hydrogen-bond donors (Lipinski definition) is 9. The molecule has 0 saturated carbocycles. The Morgan fingerprint density at radius 3 is 0.568 bits per heavy atom. The first-order chi connectivity index (χ1) is 8.80. The summed E-state index contributed by atoms with van der Waals surface area (Å²) in [6.45, 7) is -5.42. The first-order valence-electron chi connectivity index (χ1n) is 3.61. The van der Waals surface area contributed by atoms with Crippen molar-refractivity contribution in [2.75, 3.05) is 20.4 Å². The molecular weight excluding hydrogens is 679 g/mol. The van der Waals surface area contributed by atoms with Gasteiger partial charge in [-0.05, 0) is 6.79 Å². The number of carbonyl (C=O) groups excluding carboxylic acids is 1. The summed E-state index contributed by atoms with van der Waals surface area (Å²) in [5.74, 6) is 0. The molecule has 0 aromatic carbocycles. The van der Waals surface area contributed by atoms with Crippen molar-refractivity contribution in [1.82, 2.24) is 0 Å². The Hall–Kier alpha value is 8.20. The molecule has 0 heterocycles. The Kier molecular flexibility index (Phi) is 1670. The Bertz CT molecular complexity index is 121. The van der Waals surface area contributed by atoms with Gasteiger partial charge in [0.05, 0.1) is 0 Å². The van der Waals surface area contributed by atoms with E-state index in [2.05, 4.69) is 0 Å². The van der Waals surface area contributed by atoms with Crippen LogP contribution in [-0.4, -0.2) is 113 Å². The quantitative estimate of drug-likeness (QED) is 0.0634. The standard InChI is InChI=1S/CH4O3.2CH4O2.CH3O2.2CH2O2.7CH4.6K.5H2O/c2-1(3)4;5*2-1-3;;;;;;;;;;;;;;;;;;/h1-4H;2*2-3H,1H2;2H,1H2;2*1H,(H,2,3);7*1H4;;;;;;;5*1H2/q;;;-1;;;;;;;;;;6*+1;;;;;/p-4. The molecule has 0 spiro atoms. The normalized spacial score (nSPS) is 3.08. The summed E-state index contributed by atoms with van der Waals surface area (Å²) < 4.78 is 0. The number of carboxylic acid groups (broad SMARTS) is 2. The summed E-state index contributed by atoms with van der Waals surface area (Å²) in [6.07, 6.45) is 0. The molecule has 18 nitrogen and oxygen atoms in total. The van der Waals surface area contributed by atoms with E-state index in [1.165, 1.54) is 0 Å². The maximum Gasteiger partial charge on any atom is 1.00 e. The predicted octanol–water partition coefficient (Wildman–Crippen LogP) is -23.2. The third-order valence-electron chi connectivity index (χ3n) is 0. The third-order valence-corrected chi connectivity index (χ3v) is 0. The van der Waals surface area contributed by atoms with E-state index < -0.39 is 33.3 Å². The molecule has 0 bridgehead atoms. The monoisotopic (exact) mass is 731 g/mol. The molecule has 0 radical (unpaired) electrons. The molecule has 0 aromatic rings. The second-order valence-corrected chi connectivity index (χ2v) is 0.960. The minimum atomic E-state index is -2.17. The summed E-state index contributed by atoms with van der Waals surface area (Å²) in [5.41, 5.74) is 0. The molecule has 0 aromatic heterocycles. The minimum Gasteiger partial charge on any atom is -0.870 e. The summed E-state index contributed by atoms with van der Waals surface area (Å²) >= 11 is 0. The van der Waals surface area contributed by atoms with Crippen LogP contribution in [0.1, 0.15) is 52.0 Å². The first-order valence-corrected chi connectivity index (χ1v) is 3.61. The van der Waals surface area contributed by atoms with Gasteiger partial charge in [-0.1, -0.05) is 52.0 Å². The predicted molar refractivity (Wildman–Crippen MR) is 111 cm³/mol. The van der Waals surface area contributed by atoms with E-state index >= 15 is 0 Å². The van der Waals surface area contributed by atoms with E-state index in [0.717, 1.165) is 0 Å². The van der Waals surface area contributed by atoms with Crippen LogP contribution < -0.4 is 319 Å². The van der Waals surface area contributed by atoms with Crippen molar-refractivity contribution >= 4 is 12.9 Å². The van der Waals surface area contributed by atoms with E-state index in [-0.39, 0.29) is 394 Å².